The minimum Gasteiger partial charge on any atom is -0.349 e. The van der Waals surface area contributed by atoms with Crippen molar-refractivity contribution in [3.63, 3.8) is 0 Å². The fraction of sp³-hybridized carbons (Fsp3) is 0.400. The average Bonchev–Trinajstić information content (AvgIpc) is 2.94. The Labute approximate surface area is 143 Å². The molecule has 5 nitrogen and oxygen atoms in total. The Morgan fingerprint density at radius 2 is 2.00 bits per heavy atom. The third-order valence-electron chi connectivity index (χ3n) is 3.18. The fourth-order valence-electron chi connectivity index (χ4n) is 1.94. The van der Waals surface area contributed by atoms with Gasteiger partial charge in [-0.1, -0.05) is 39.8 Å². The van der Waals surface area contributed by atoms with Crippen LogP contribution >= 0.6 is 27.7 Å². The highest BCUT2D eigenvalue weighted by atomic mass is 79.9. The topological polar surface area (TPSA) is 59.8 Å². The third kappa shape index (κ3) is 4.58. The number of carbonyl (C=O) groups excluding carboxylic acids is 1. The zero-order valence-electron chi connectivity index (χ0n) is 12.8. The van der Waals surface area contributed by atoms with Gasteiger partial charge in [0.25, 0.3) is 0 Å². The van der Waals surface area contributed by atoms with Crippen LogP contribution in [0.15, 0.2) is 40.2 Å². The Bertz CT molecular complexity index is 627. The zero-order valence-corrected chi connectivity index (χ0v) is 15.2. The lowest BCUT2D eigenvalue weighted by atomic mass is 10.1. The Kier molecular flexibility index (Phi) is 6.02. The van der Waals surface area contributed by atoms with E-state index >= 15 is 0 Å². The third-order valence-corrected chi connectivity index (χ3v) is 4.66. The molecule has 1 aromatic heterocycles. The first-order valence-corrected chi connectivity index (χ1v) is 8.82. The van der Waals surface area contributed by atoms with Crippen LogP contribution in [0.5, 0.6) is 0 Å². The van der Waals surface area contributed by atoms with E-state index in [-0.39, 0.29) is 18.0 Å². The lowest BCUT2D eigenvalue weighted by molar-refractivity contribution is -0.119. The van der Waals surface area contributed by atoms with Gasteiger partial charge in [-0.3, -0.25) is 4.79 Å². The second-order valence-electron chi connectivity index (χ2n) is 5.24. The molecule has 0 saturated heterocycles. The number of thioether (sulfide) groups is 1. The number of hydrogen-bond acceptors (Lipinski definition) is 4. The molecule has 0 bridgehead atoms. The van der Waals surface area contributed by atoms with Crippen LogP contribution in [-0.2, 0) is 4.79 Å². The van der Waals surface area contributed by atoms with Gasteiger partial charge < -0.3 is 9.88 Å². The molecular weight excluding hydrogens is 364 g/mol. The molecule has 1 amide bonds. The standard InChI is InChI=1S/C15H19BrN4OS/c1-10(2)20-9-17-19-15(20)22-8-14(21)18-11(3)12-4-6-13(16)7-5-12/h4-7,9-11H,8H2,1-3H3,(H,18,21)/t11-/m1/s1. The lowest BCUT2D eigenvalue weighted by Gasteiger charge is -2.14. The summed E-state index contributed by atoms with van der Waals surface area (Å²) in [5.74, 6) is 0.311. The van der Waals surface area contributed by atoms with E-state index in [9.17, 15) is 4.79 Å². The van der Waals surface area contributed by atoms with Crippen LogP contribution < -0.4 is 5.32 Å². The van der Waals surface area contributed by atoms with Crippen LogP contribution in [-0.4, -0.2) is 26.4 Å². The summed E-state index contributed by atoms with van der Waals surface area (Å²) in [5, 5.41) is 11.7. The minimum absolute atomic E-state index is 0.0151. The monoisotopic (exact) mass is 382 g/mol. The number of benzene rings is 1. The predicted molar refractivity (Wildman–Crippen MR) is 91.8 cm³/mol. The summed E-state index contributed by atoms with van der Waals surface area (Å²) in [7, 11) is 0. The number of nitrogens with one attached hydrogen (secondary N) is 1. The molecular formula is C15H19BrN4OS. The number of amides is 1. The van der Waals surface area contributed by atoms with Crippen LogP contribution in [0.1, 0.15) is 38.4 Å². The molecule has 0 fully saturated rings. The molecule has 0 saturated carbocycles. The molecule has 2 aromatic rings. The number of rotatable bonds is 6. The first kappa shape index (κ1) is 17.0. The summed E-state index contributed by atoms with van der Waals surface area (Å²) in [5.41, 5.74) is 1.08. The van der Waals surface area contributed by atoms with E-state index in [4.69, 9.17) is 0 Å². The molecule has 0 radical (unpaired) electrons. The molecule has 7 heteroatoms. The average molecular weight is 383 g/mol. The molecule has 0 aliphatic heterocycles. The lowest BCUT2D eigenvalue weighted by Crippen LogP contribution is -2.28. The SMILES string of the molecule is CC(C)n1cnnc1SCC(=O)N[C@H](C)c1ccc(Br)cc1. The first-order chi connectivity index (χ1) is 10.5. The van der Waals surface area contributed by atoms with Crippen LogP contribution in [0.2, 0.25) is 0 Å². The molecule has 0 spiro atoms. The summed E-state index contributed by atoms with van der Waals surface area (Å²) >= 11 is 4.80. The van der Waals surface area contributed by atoms with Gasteiger partial charge in [-0.05, 0) is 38.5 Å². The summed E-state index contributed by atoms with van der Waals surface area (Å²) in [6.07, 6.45) is 1.69. The van der Waals surface area contributed by atoms with Gasteiger partial charge in [0, 0.05) is 10.5 Å². The Hall–Kier alpha value is -1.34. The number of halogens is 1. The Balaban J connectivity index is 1.87. The molecule has 1 atom stereocenters. The number of carbonyl (C=O) groups is 1. The van der Waals surface area contributed by atoms with Gasteiger partial charge in [0.2, 0.25) is 5.91 Å². The first-order valence-electron chi connectivity index (χ1n) is 7.04. The summed E-state index contributed by atoms with van der Waals surface area (Å²) in [6, 6.07) is 8.19. The van der Waals surface area contributed by atoms with Gasteiger partial charge in [-0.2, -0.15) is 0 Å². The van der Waals surface area contributed by atoms with Crippen molar-refractivity contribution in [2.45, 2.75) is 38.0 Å². The van der Waals surface area contributed by atoms with E-state index in [1.54, 1.807) is 6.33 Å². The summed E-state index contributed by atoms with van der Waals surface area (Å²) in [4.78, 5) is 12.1. The quantitative estimate of drug-likeness (QED) is 0.775. The van der Waals surface area contributed by atoms with Gasteiger partial charge in [-0.15, -0.1) is 10.2 Å². The molecule has 0 unspecified atom stereocenters. The summed E-state index contributed by atoms with van der Waals surface area (Å²) < 4.78 is 2.98. The van der Waals surface area contributed by atoms with Crippen molar-refractivity contribution < 1.29 is 4.79 Å². The highest BCUT2D eigenvalue weighted by Crippen LogP contribution is 2.20. The molecule has 22 heavy (non-hydrogen) atoms. The molecule has 1 N–H and O–H groups in total. The Morgan fingerprint density at radius 3 is 2.64 bits per heavy atom. The molecule has 1 heterocycles. The Morgan fingerprint density at radius 1 is 1.32 bits per heavy atom. The normalized spacial score (nSPS) is 12.4. The smallest absolute Gasteiger partial charge is 0.230 e. The fourth-order valence-corrected chi connectivity index (χ4v) is 3.06. The van der Waals surface area contributed by atoms with Crippen LogP contribution in [0.4, 0.5) is 0 Å². The van der Waals surface area contributed by atoms with E-state index in [0.29, 0.717) is 5.75 Å². The van der Waals surface area contributed by atoms with E-state index in [2.05, 4.69) is 45.3 Å². The van der Waals surface area contributed by atoms with Crippen LogP contribution in [0.3, 0.4) is 0 Å². The molecule has 118 valence electrons. The highest BCUT2D eigenvalue weighted by molar-refractivity contribution is 9.10. The molecule has 0 aliphatic rings. The van der Waals surface area contributed by atoms with E-state index < -0.39 is 0 Å². The highest BCUT2D eigenvalue weighted by Gasteiger charge is 2.13. The van der Waals surface area contributed by atoms with Gasteiger partial charge >= 0.3 is 0 Å². The number of nitrogens with zero attached hydrogens (tertiary/aromatic N) is 3. The van der Waals surface area contributed by atoms with Crippen molar-refractivity contribution in [1.29, 1.82) is 0 Å². The van der Waals surface area contributed by atoms with Gasteiger partial charge in [0.15, 0.2) is 5.16 Å². The van der Waals surface area contributed by atoms with E-state index in [0.717, 1.165) is 15.2 Å². The van der Waals surface area contributed by atoms with Crippen molar-refractivity contribution in [2.75, 3.05) is 5.75 Å². The number of hydrogen-bond donors (Lipinski definition) is 1. The van der Waals surface area contributed by atoms with Crippen LogP contribution in [0.25, 0.3) is 0 Å². The second-order valence-corrected chi connectivity index (χ2v) is 7.10. The predicted octanol–water partition coefficient (Wildman–Crippen LogP) is 3.59. The largest absolute Gasteiger partial charge is 0.349 e. The van der Waals surface area contributed by atoms with Crippen molar-refractivity contribution in [3.8, 4) is 0 Å². The van der Waals surface area contributed by atoms with Gasteiger partial charge in [0.1, 0.15) is 6.33 Å². The van der Waals surface area contributed by atoms with Crippen molar-refractivity contribution >= 4 is 33.6 Å². The second kappa shape index (κ2) is 7.78. The molecule has 0 aliphatic carbocycles. The maximum Gasteiger partial charge on any atom is 0.230 e. The van der Waals surface area contributed by atoms with Gasteiger partial charge in [0.05, 0.1) is 11.8 Å². The minimum atomic E-state index is -0.0239. The van der Waals surface area contributed by atoms with Crippen molar-refractivity contribution in [1.82, 2.24) is 20.1 Å². The van der Waals surface area contributed by atoms with E-state index in [1.807, 2.05) is 35.8 Å². The van der Waals surface area contributed by atoms with Crippen molar-refractivity contribution in [2.24, 2.45) is 0 Å². The van der Waals surface area contributed by atoms with Gasteiger partial charge in [-0.25, -0.2) is 0 Å². The maximum absolute atomic E-state index is 12.1. The maximum atomic E-state index is 12.1. The molecule has 2 rings (SSSR count). The van der Waals surface area contributed by atoms with Crippen LogP contribution in [0, 0.1) is 0 Å². The molecule has 1 aromatic carbocycles. The summed E-state index contributed by atoms with van der Waals surface area (Å²) in [6.45, 7) is 6.09. The zero-order chi connectivity index (χ0) is 16.1. The van der Waals surface area contributed by atoms with E-state index in [1.165, 1.54) is 11.8 Å². The number of aromatic nitrogens is 3. The van der Waals surface area contributed by atoms with Crippen molar-refractivity contribution in [3.05, 3.63) is 40.6 Å².